The maximum Gasteiger partial charge on any atom is 0.254 e. The summed E-state index contributed by atoms with van der Waals surface area (Å²) in [6.45, 7) is 5.82. The zero-order valence-electron chi connectivity index (χ0n) is 20.4. The number of carbonyl (C=O) groups is 2. The maximum absolute atomic E-state index is 13.7. The van der Waals surface area contributed by atoms with Crippen molar-refractivity contribution in [1.82, 2.24) is 9.80 Å². The second-order valence-electron chi connectivity index (χ2n) is 9.72. The van der Waals surface area contributed by atoms with Crippen LogP contribution in [0.3, 0.4) is 0 Å². The highest BCUT2D eigenvalue weighted by molar-refractivity contribution is 7.10. The SMILES string of the molecule is Cc1ccc(C(=O)N(CC(=O)N2CCc3sccc3[C@H]2COc2ccccc2C)CC2CC2)cc1. The normalized spacial score (nSPS) is 17.1. The Hall–Kier alpha value is -3.12. The van der Waals surface area contributed by atoms with E-state index in [1.807, 2.05) is 67.3 Å². The molecule has 1 aromatic heterocycles. The van der Waals surface area contributed by atoms with Crippen LogP contribution in [0.15, 0.2) is 60.0 Å². The lowest BCUT2D eigenvalue weighted by Gasteiger charge is -2.37. The molecule has 5 nitrogen and oxygen atoms in total. The molecule has 0 saturated heterocycles. The minimum Gasteiger partial charge on any atom is -0.491 e. The molecule has 1 fully saturated rings. The number of aryl methyl sites for hydroxylation is 2. The molecular formula is C29H32N2O3S. The number of para-hydroxylation sites is 1. The van der Waals surface area contributed by atoms with Crippen LogP contribution < -0.4 is 4.74 Å². The van der Waals surface area contributed by atoms with Gasteiger partial charge in [-0.25, -0.2) is 0 Å². The standard InChI is InChI=1S/C29H32N2O3S/c1-20-7-11-23(12-8-20)29(33)30(17-22-9-10-22)18-28(32)31-15-13-27-24(14-16-35-27)25(31)19-34-26-6-4-3-5-21(26)2/h3-8,11-12,14,16,22,25H,9-10,13,15,17-19H2,1-2H3/t25-/m1/s1. The van der Waals surface area contributed by atoms with Gasteiger partial charge in [-0.15, -0.1) is 11.3 Å². The second kappa shape index (κ2) is 10.2. The van der Waals surface area contributed by atoms with Crippen LogP contribution in [0.25, 0.3) is 0 Å². The van der Waals surface area contributed by atoms with Crippen LogP contribution in [0.5, 0.6) is 5.75 Å². The van der Waals surface area contributed by atoms with E-state index in [4.69, 9.17) is 4.74 Å². The van der Waals surface area contributed by atoms with Gasteiger partial charge in [0.05, 0.1) is 6.04 Å². The van der Waals surface area contributed by atoms with Crippen molar-refractivity contribution in [1.29, 1.82) is 0 Å². The average molecular weight is 489 g/mol. The van der Waals surface area contributed by atoms with Gasteiger partial charge in [0.2, 0.25) is 5.91 Å². The van der Waals surface area contributed by atoms with Crippen molar-refractivity contribution in [3.05, 3.63) is 87.1 Å². The van der Waals surface area contributed by atoms with Crippen LogP contribution in [0, 0.1) is 19.8 Å². The Morgan fingerprint density at radius 1 is 1.06 bits per heavy atom. The lowest BCUT2D eigenvalue weighted by atomic mass is 10.00. The van der Waals surface area contributed by atoms with Gasteiger partial charge in [-0.05, 0) is 79.8 Å². The molecule has 1 saturated carbocycles. The van der Waals surface area contributed by atoms with Gasteiger partial charge in [0.1, 0.15) is 18.9 Å². The molecule has 0 spiro atoms. The molecule has 0 radical (unpaired) electrons. The van der Waals surface area contributed by atoms with Crippen LogP contribution >= 0.6 is 11.3 Å². The van der Waals surface area contributed by atoms with E-state index in [1.54, 1.807) is 16.2 Å². The number of hydrogen-bond acceptors (Lipinski definition) is 4. The molecule has 6 heteroatoms. The van der Waals surface area contributed by atoms with E-state index >= 15 is 0 Å². The quantitative estimate of drug-likeness (QED) is 0.425. The summed E-state index contributed by atoms with van der Waals surface area (Å²) in [7, 11) is 0. The van der Waals surface area contributed by atoms with Gasteiger partial charge in [0, 0.05) is 23.5 Å². The number of benzene rings is 2. The summed E-state index contributed by atoms with van der Waals surface area (Å²) in [4.78, 5) is 32.1. The number of nitrogens with zero attached hydrogens (tertiary/aromatic N) is 2. The van der Waals surface area contributed by atoms with Crippen LogP contribution in [0.2, 0.25) is 0 Å². The highest BCUT2D eigenvalue weighted by atomic mass is 32.1. The van der Waals surface area contributed by atoms with E-state index in [0.29, 0.717) is 31.2 Å². The first-order chi connectivity index (χ1) is 17.0. The van der Waals surface area contributed by atoms with Crippen molar-refractivity contribution < 1.29 is 14.3 Å². The number of hydrogen-bond donors (Lipinski definition) is 0. The molecular weight excluding hydrogens is 456 g/mol. The van der Waals surface area contributed by atoms with E-state index < -0.39 is 0 Å². The molecule has 2 aromatic carbocycles. The van der Waals surface area contributed by atoms with Gasteiger partial charge in [-0.3, -0.25) is 9.59 Å². The Kier molecular flexibility index (Phi) is 6.91. The third-order valence-corrected chi connectivity index (χ3v) is 7.99. The number of amides is 2. The Morgan fingerprint density at radius 3 is 2.57 bits per heavy atom. The molecule has 2 heterocycles. The Bertz CT molecular complexity index is 1200. The van der Waals surface area contributed by atoms with Gasteiger partial charge in [0.25, 0.3) is 5.91 Å². The van der Waals surface area contributed by atoms with Gasteiger partial charge in [0.15, 0.2) is 0 Å². The third-order valence-electron chi connectivity index (χ3n) is 6.99. The highest BCUT2D eigenvalue weighted by Gasteiger charge is 2.35. The second-order valence-corrected chi connectivity index (χ2v) is 10.7. The molecule has 1 aliphatic heterocycles. The number of thiophene rings is 1. The minimum atomic E-state index is -0.158. The summed E-state index contributed by atoms with van der Waals surface area (Å²) in [5.74, 6) is 1.27. The van der Waals surface area contributed by atoms with Crippen molar-refractivity contribution in [3.8, 4) is 5.75 Å². The number of fused-ring (bicyclic) bond motifs is 1. The van der Waals surface area contributed by atoms with E-state index in [9.17, 15) is 9.59 Å². The van der Waals surface area contributed by atoms with Gasteiger partial charge < -0.3 is 14.5 Å². The Balaban J connectivity index is 1.34. The molecule has 0 N–H and O–H groups in total. The molecule has 182 valence electrons. The molecule has 0 bridgehead atoms. The van der Waals surface area contributed by atoms with Crippen molar-refractivity contribution in [2.24, 2.45) is 5.92 Å². The van der Waals surface area contributed by atoms with Gasteiger partial charge >= 0.3 is 0 Å². The van der Waals surface area contributed by atoms with E-state index in [1.165, 1.54) is 10.4 Å². The number of rotatable bonds is 8. The maximum atomic E-state index is 13.7. The Labute approximate surface area is 211 Å². The zero-order valence-corrected chi connectivity index (χ0v) is 21.2. The van der Waals surface area contributed by atoms with E-state index in [2.05, 4.69) is 11.4 Å². The fourth-order valence-corrected chi connectivity index (χ4v) is 5.65. The van der Waals surface area contributed by atoms with Crippen LogP contribution in [0.1, 0.15) is 50.8 Å². The fourth-order valence-electron chi connectivity index (χ4n) is 4.73. The zero-order chi connectivity index (χ0) is 24.4. The van der Waals surface area contributed by atoms with E-state index in [0.717, 1.165) is 36.1 Å². The summed E-state index contributed by atoms with van der Waals surface area (Å²) in [6, 6.07) is 17.5. The molecule has 1 atom stereocenters. The molecule has 2 aliphatic rings. The summed E-state index contributed by atoms with van der Waals surface area (Å²) in [5, 5.41) is 2.10. The lowest BCUT2D eigenvalue weighted by molar-refractivity contribution is -0.135. The average Bonchev–Trinajstić information content (AvgIpc) is 3.55. The fraction of sp³-hybridized carbons (Fsp3) is 0.379. The minimum absolute atomic E-state index is 0.0126. The molecule has 35 heavy (non-hydrogen) atoms. The third kappa shape index (κ3) is 5.43. The summed E-state index contributed by atoms with van der Waals surface area (Å²) < 4.78 is 6.22. The van der Waals surface area contributed by atoms with E-state index in [-0.39, 0.29) is 24.4 Å². The van der Waals surface area contributed by atoms with Crippen molar-refractivity contribution in [3.63, 3.8) is 0 Å². The monoisotopic (exact) mass is 488 g/mol. The highest BCUT2D eigenvalue weighted by Crippen LogP contribution is 2.35. The van der Waals surface area contributed by atoms with Crippen molar-refractivity contribution in [2.45, 2.75) is 39.2 Å². The van der Waals surface area contributed by atoms with Crippen molar-refractivity contribution in [2.75, 3.05) is 26.2 Å². The molecule has 1 aliphatic carbocycles. The lowest BCUT2D eigenvalue weighted by Crippen LogP contribution is -2.48. The largest absolute Gasteiger partial charge is 0.491 e. The molecule has 2 amide bonds. The first-order valence-corrected chi connectivity index (χ1v) is 13.3. The Morgan fingerprint density at radius 2 is 1.83 bits per heavy atom. The predicted molar refractivity (Wildman–Crippen MR) is 139 cm³/mol. The number of carbonyl (C=O) groups excluding carboxylic acids is 2. The van der Waals surface area contributed by atoms with Gasteiger partial charge in [-0.2, -0.15) is 0 Å². The summed E-state index contributed by atoms with van der Waals surface area (Å²) in [5.41, 5.74) is 4.00. The molecule has 3 aromatic rings. The van der Waals surface area contributed by atoms with Gasteiger partial charge in [-0.1, -0.05) is 35.9 Å². The summed E-state index contributed by atoms with van der Waals surface area (Å²) >= 11 is 1.74. The molecule has 0 unspecified atom stereocenters. The smallest absolute Gasteiger partial charge is 0.254 e. The molecule has 5 rings (SSSR count). The first-order valence-electron chi connectivity index (χ1n) is 12.4. The van der Waals surface area contributed by atoms with Crippen LogP contribution in [-0.4, -0.2) is 47.9 Å². The summed E-state index contributed by atoms with van der Waals surface area (Å²) in [6.07, 6.45) is 3.09. The topological polar surface area (TPSA) is 49.9 Å². The van der Waals surface area contributed by atoms with Crippen LogP contribution in [-0.2, 0) is 11.2 Å². The van der Waals surface area contributed by atoms with Crippen LogP contribution in [0.4, 0.5) is 0 Å². The predicted octanol–water partition coefficient (Wildman–Crippen LogP) is 5.42. The first kappa shape index (κ1) is 23.6. The number of ether oxygens (including phenoxy) is 1. The van der Waals surface area contributed by atoms with Crippen molar-refractivity contribution >= 4 is 23.2 Å².